The van der Waals surface area contributed by atoms with Crippen LogP contribution in [0.1, 0.15) is 25.0 Å². The van der Waals surface area contributed by atoms with E-state index in [2.05, 4.69) is 5.32 Å². The summed E-state index contributed by atoms with van der Waals surface area (Å²) in [5.41, 5.74) is 1.71. The first-order chi connectivity index (χ1) is 14.8. The number of fused-ring (bicyclic) bond motifs is 1. The van der Waals surface area contributed by atoms with Crippen molar-refractivity contribution in [3.05, 3.63) is 65.7 Å². The first kappa shape index (κ1) is 23.2. The highest BCUT2D eigenvalue weighted by Crippen LogP contribution is 2.28. The maximum absolute atomic E-state index is 13.3. The van der Waals surface area contributed by atoms with Crippen molar-refractivity contribution in [1.82, 2.24) is 9.62 Å². The van der Waals surface area contributed by atoms with Crippen LogP contribution in [-0.4, -0.2) is 55.8 Å². The number of sulfonamides is 1. The number of alkyl carbamates (subject to hydrolysis) is 1. The molecular formula is C23H30N2O5S. The van der Waals surface area contributed by atoms with E-state index in [0.717, 1.165) is 11.1 Å². The summed E-state index contributed by atoms with van der Waals surface area (Å²) in [4.78, 5) is 12.3. The second-order valence-corrected chi connectivity index (χ2v) is 9.87. The minimum atomic E-state index is -3.76. The first-order valence-corrected chi connectivity index (χ1v) is 12.0. The normalized spacial score (nSPS) is 20.2. The number of ether oxygens (including phenoxy) is 1. The van der Waals surface area contributed by atoms with E-state index in [9.17, 15) is 18.3 Å². The van der Waals surface area contributed by atoms with Gasteiger partial charge < -0.3 is 15.2 Å². The Kier molecular flexibility index (Phi) is 7.69. The van der Waals surface area contributed by atoms with Crippen LogP contribution in [0.15, 0.2) is 59.5 Å². The number of hydrogen-bond donors (Lipinski definition) is 2. The Bertz CT molecular complexity index is 980. The Morgan fingerprint density at radius 2 is 1.87 bits per heavy atom. The number of nitrogens with zero attached hydrogens (tertiary/aromatic N) is 1. The average molecular weight is 447 g/mol. The van der Waals surface area contributed by atoms with Gasteiger partial charge in [-0.15, -0.1) is 0 Å². The predicted octanol–water partition coefficient (Wildman–Crippen LogP) is 2.59. The summed E-state index contributed by atoms with van der Waals surface area (Å²) in [5, 5.41) is 13.7. The third kappa shape index (κ3) is 5.84. The molecular weight excluding hydrogens is 416 g/mol. The Labute approximate surface area is 184 Å². The molecule has 1 heterocycles. The molecule has 1 aliphatic heterocycles. The molecule has 0 radical (unpaired) electrons. The largest absolute Gasteiger partial charge is 0.450 e. The standard InChI is InChI=1S/C23H30N2O5S/c1-3-30-23(27)24-20(14-18-9-5-4-6-10-18)21(26)16-25-15-17(2)13-19-11-7-8-12-22(19)31(25,28)29/h4-12,17,20-21,26H,3,13-16H2,1-2H3,(H,24,27)/t17-,20-,21+/m1/s1. The quantitative estimate of drug-likeness (QED) is 0.682. The van der Waals surface area contributed by atoms with Gasteiger partial charge in [0.2, 0.25) is 10.0 Å². The van der Waals surface area contributed by atoms with Crippen molar-refractivity contribution in [1.29, 1.82) is 0 Å². The lowest BCUT2D eigenvalue weighted by molar-refractivity contribution is 0.0906. The first-order valence-electron chi connectivity index (χ1n) is 10.5. The summed E-state index contributed by atoms with van der Waals surface area (Å²) in [6.45, 7) is 4.07. The number of aliphatic hydroxyl groups excluding tert-OH is 1. The summed E-state index contributed by atoms with van der Waals surface area (Å²) in [5.74, 6) is 0.0937. The Morgan fingerprint density at radius 3 is 2.58 bits per heavy atom. The van der Waals surface area contributed by atoms with Crippen molar-refractivity contribution in [2.45, 2.75) is 43.7 Å². The van der Waals surface area contributed by atoms with Crippen LogP contribution in [0, 0.1) is 5.92 Å². The number of nitrogens with one attached hydrogen (secondary N) is 1. The highest BCUT2D eigenvalue weighted by Gasteiger charge is 2.35. The van der Waals surface area contributed by atoms with Crippen LogP contribution in [0.4, 0.5) is 4.79 Å². The van der Waals surface area contributed by atoms with Gasteiger partial charge in [-0.25, -0.2) is 13.2 Å². The van der Waals surface area contributed by atoms with Gasteiger partial charge in [0.25, 0.3) is 0 Å². The number of amides is 1. The molecule has 0 unspecified atom stereocenters. The molecule has 0 saturated heterocycles. The van der Waals surface area contributed by atoms with E-state index in [1.807, 2.05) is 49.4 Å². The van der Waals surface area contributed by atoms with Gasteiger partial charge in [-0.2, -0.15) is 4.31 Å². The van der Waals surface area contributed by atoms with Crippen molar-refractivity contribution >= 4 is 16.1 Å². The number of carbonyl (C=O) groups excluding carboxylic acids is 1. The van der Waals surface area contributed by atoms with E-state index in [1.54, 1.807) is 19.1 Å². The Balaban J connectivity index is 1.83. The predicted molar refractivity (Wildman–Crippen MR) is 118 cm³/mol. The monoisotopic (exact) mass is 446 g/mol. The number of benzene rings is 2. The van der Waals surface area contributed by atoms with E-state index in [0.29, 0.717) is 19.4 Å². The molecule has 1 amide bonds. The molecule has 2 N–H and O–H groups in total. The van der Waals surface area contributed by atoms with Gasteiger partial charge in [-0.05, 0) is 42.9 Å². The number of β-amino-alcohol motifs (C(OH)–C–C–N with tert-alkyl or cyclic N) is 1. The summed E-state index contributed by atoms with van der Waals surface area (Å²) in [6.07, 6.45) is -0.756. The minimum Gasteiger partial charge on any atom is -0.450 e. The second-order valence-electron chi connectivity index (χ2n) is 7.97. The zero-order valence-electron chi connectivity index (χ0n) is 17.9. The van der Waals surface area contributed by atoms with Gasteiger partial charge >= 0.3 is 6.09 Å². The Morgan fingerprint density at radius 1 is 1.19 bits per heavy atom. The molecule has 3 rings (SSSR count). The topological polar surface area (TPSA) is 95.9 Å². The number of rotatable bonds is 7. The molecule has 0 bridgehead atoms. The summed E-state index contributed by atoms with van der Waals surface area (Å²) < 4.78 is 32.9. The van der Waals surface area contributed by atoms with Gasteiger partial charge in [-0.3, -0.25) is 0 Å². The second kappa shape index (κ2) is 10.3. The lowest BCUT2D eigenvalue weighted by Gasteiger charge is -2.29. The molecule has 0 aliphatic carbocycles. The van der Waals surface area contributed by atoms with Crippen LogP contribution in [0.25, 0.3) is 0 Å². The molecule has 0 fully saturated rings. The summed E-state index contributed by atoms with van der Waals surface area (Å²) in [7, 11) is -3.76. The molecule has 168 valence electrons. The van der Waals surface area contributed by atoms with Crippen LogP contribution in [0.5, 0.6) is 0 Å². The maximum Gasteiger partial charge on any atom is 0.407 e. The van der Waals surface area contributed by atoms with Crippen LogP contribution >= 0.6 is 0 Å². The van der Waals surface area contributed by atoms with Crippen LogP contribution in [-0.2, 0) is 27.6 Å². The molecule has 2 aromatic carbocycles. The number of carbonyl (C=O) groups is 1. The zero-order valence-corrected chi connectivity index (χ0v) is 18.7. The van der Waals surface area contributed by atoms with E-state index >= 15 is 0 Å². The molecule has 31 heavy (non-hydrogen) atoms. The van der Waals surface area contributed by atoms with Crippen molar-refractivity contribution < 1.29 is 23.1 Å². The van der Waals surface area contributed by atoms with Gasteiger partial charge in [0.1, 0.15) is 0 Å². The highest BCUT2D eigenvalue weighted by molar-refractivity contribution is 7.89. The van der Waals surface area contributed by atoms with Crippen molar-refractivity contribution in [3.8, 4) is 0 Å². The van der Waals surface area contributed by atoms with Crippen molar-refractivity contribution in [2.24, 2.45) is 5.92 Å². The highest BCUT2D eigenvalue weighted by atomic mass is 32.2. The number of hydrogen-bond acceptors (Lipinski definition) is 5. The Hall–Kier alpha value is -2.42. The smallest absolute Gasteiger partial charge is 0.407 e. The van der Waals surface area contributed by atoms with E-state index in [1.165, 1.54) is 4.31 Å². The van der Waals surface area contributed by atoms with Gasteiger partial charge in [0.05, 0.1) is 23.6 Å². The van der Waals surface area contributed by atoms with Crippen LogP contribution < -0.4 is 5.32 Å². The maximum atomic E-state index is 13.3. The van der Waals surface area contributed by atoms with E-state index in [4.69, 9.17) is 4.74 Å². The van der Waals surface area contributed by atoms with Gasteiger partial charge in [-0.1, -0.05) is 55.5 Å². The lowest BCUT2D eigenvalue weighted by atomic mass is 10.00. The summed E-state index contributed by atoms with van der Waals surface area (Å²) >= 11 is 0. The van der Waals surface area contributed by atoms with Crippen LogP contribution in [0.2, 0.25) is 0 Å². The van der Waals surface area contributed by atoms with E-state index in [-0.39, 0.29) is 24.0 Å². The van der Waals surface area contributed by atoms with Gasteiger partial charge in [0.15, 0.2) is 0 Å². The van der Waals surface area contributed by atoms with E-state index < -0.39 is 28.3 Å². The fourth-order valence-corrected chi connectivity index (χ4v) is 5.74. The molecule has 7 nitrogen and oxygen atoms in total. The fraction of sp³-hybridized carbons (Fsp3) is 0.435. The fourth-order valence-electron chi connectivity index (χ4n) is 3.93. The third-order valence-corrected chi connectivity index (χ3v) is 7.34. The third-order valence-electron chi connectivity index (χ3n) is 5.41. The van der Waals surface area contributed by atoms with Crippen LogP contribution in [0.3, 0.4) is 0 Å². The zero-order chi connectivity index (χ0) is 22.4. The minimum absolute atomic E-state index is 0.0937. The molecule has 8 heteroatoms. The van der Waals surface area contributed by atoms with Gasteiger partial charge in [0, 0.05) is 13.1 Å². The molecule has 3 atom stereocenters. The molecule has 0 aromatic heterocycles. The molecule has 0 spiro atoms. The molecule has 2 aromatic rings. The van der Waals surface area contributed by atoms with Crippen molar-refractivity contribution in [3.63, 3.8) is 0 Å². The molecule has 1 aliphatic rings. The number of aliphatic hydroxyl groups is 1. The van der Waals surface area contributed by atoms with Crippen molar-refractivity contribution in [2.75, 3.05) is 19.7 Å². The molecule has 0 saturated carbocycles. The lowest BCUT2D eigenvalue weighted by Crippen LogP contribution is -2.51. The summed E-state index contributed by atoms with van der Waals surface area (Å²) in [6, 6.07) is 15.7. The SMILES string of the molecule is CCOC(=O)N[C@H](Cc1ccccc1)[C@@H](O)CN1C[C@H](C)Cc2ccccc2S1(=O)=O. The average Bonchev–Trinajstić information content (AvgIpc) is 2.82.